The highest BCUT2D eigenvalue weighted by Gasteiger charge is 2.29. The molecular formula is C21H11F3N2O3S. The maximum Gasteiger partial charge on any atom is 0.272 e. The van der Waals surface area contributed by atoms with Crippen molar-refractivity contribution in [1.82, 2.24) is 3.97 Å². The predicted molar refractivity (Wildman–Crippen MR) is 103 cm³/mol. The fourth-order valence-electron chi connectivity index (χ4n) is 3.21. The number of nitrogens with zero attached hydrogens (tertiary/aromatic N) is 2. The van der Waals surface area contributed by atoms with E-state index in [1.54, 1.807) is 0 Å². The van der Waals surface area contributed by atoms with Crippen LogP contribution in [0.5, 0.6) is 5.75 Å². The molecule has 0 unspecified atom stereocenters. The first kappa shape index (κ1) is 19.5. The summed E-state index contributed by atoms with van der Waals surface area (Å²) in [4.78, 5) is -0.987. The summed E-state index contributed by atoms with van der Waals surface area (Å²) in [7, 11) is -4.73. The molecule has 30 heavy (non-hydrogen) atoms. The van der Waals surface area contributed by atoms with Gasteiger partial charge in [-0.25, -0.2) is 25.6 Å². The summed E-state index contributed by atoms with van der Waals surface area (Å²) < 4.78 is 68.9. The number of phenols is 1. The second-order valence-electron chi connectivity index (χ2n) is 6.43. The summed E-state index contributed by atoms with van der Waals surface area (Å²) in [6, 6.07) is 13.4. The third kappa shape index (κ3) is 3.07. The third-order valence-corrected chi connectivity index (χ3v) is 6.26. The van der Waals surface area contributed by atoms with Crippen molar-refractivity contribution in [2.75, 3.05) is 0 Å². The lowest BCUT2D eigenvalue weighted by Crippen LogP contribution is -2.15. The molecule has 1 aromatic heterocycles. The zero-order valence-corrected chi connectivity index (χ0v) is 15.8. The molecular weight excluding hydrogens is 417 g/mol. The van der Waals surface area contributed by atoms with E-state index in [0.717, 1.165) is 10.0 Å². The highest BCUT2D eigenvalue weighted by molar-refractivity contribution is 7.90. The number of hydrogen-bond donors (Lipinski definition) is 1. The van der Waals surface area contributed by atoms with Gasteiger partial charge in [0.2, 0.25) is 0 Å². The Kier molecular flexibility index (Phi) is 4.51. The summed E-state index contributed by atoms with van der Waals surface area (Å²) >= 11 is 0. The Morgan fingerprint density at radius 2 is 1.70 bits per heavy atom. The monoisotopic (exact) mass is 428 g/mol. The molecule has 0 radical (unpaired) electrons. The number of halogens is 3. The Hall–Kier alpha value is -3.77. The highest BCUT2D eigenvalue weighted by atomic mass is 32.2. The molecule has 1 N–H and O–H groups in total. The molecule has 4 rings (SSSR count). The maximum atomic E-state index is 13.9. The van der Waals surface area contributed by atoms with Crippen LogP contribution in [0.1, 0.15) is 5.56 Å². The van der Waals surface area contributed by atoms with Crippen LogP contribution < -0.4 is 0 Å². The minimum absolute atomic E-state index is 0.0105. The molecule has 0 amide bonds. The molecule has 0 fully saturated rings. The van der Waals surface area contributed by atoms with Gasteiger partial charge in [0, 0.05) is 17.0 Å². The van der Waals surface area contributed by atoms with E-state index >= 15 is 0 Å². The lowest BCUT2D eigenvalue weighted by atomic mass is 10.1. The molecule has 4 aromatic rings. The number of aromatic hydroxyl groups is 1. The molecule has 0 saturated carbocycles. The van der Waals surface area contributed by atoms with E-state index in [1.165, 1.54) is 42.5 Å². The van der Waals surface area contributed by atoms with Gasteiger partial charge < -0.3 is 5.11 Å². The molecule has 0 bridgehead atoms. The fourth-order valence-corrected chi connectivity index (χ4v) is 4.85. The van der Waals surface area contributed by atoms with Crippen molar-refractivity contribution in [2.45, 2.75) is 4.90 Å². The van der Waals surface area contributed by atoms with E-state index in [9.17, 15) is 26.7 Å². The first-order valence-corrected chi connectivity index (χ1v) is 9.91. The minimum atomic E-state index is -4.73. The Labute approximate surface area is 168 Å². The molecule has 0 aliphatic rings. The van der Waals surface area contributed by atoms with Gasteiger partial charge >= 0.3 is 0 Å². The molecule has 0 aliphatic carbocycles. The van der Waals surface area contributed by atoms with Gasteiger partial charge in [0.15, 0.2) is 11.6 Å². The quantitative estimate of drug-likeness (QED) is 0.519. The van der Waals surface area contributed by atoms with Crippen molar-refractivity contribution in [3.05, 3.63) is 83.7 Å². The average molecular weight is 428 g/mol. The number of hydrogen-bond acceptors (Lipinski definition) is 4. The summed E-state index contributed by atoms with van der Waals surface area (Å²) in [6.07, 6.45) is 0. The Morgan fingerprint density at radius 1 is 0.933 bits per heavy atom. The lowest BCUT2D eigenvalue weighted by Gasteiger charge is -2.14. The van der Waals surface area contributed by atoms with Gasteiger partial charge in [-0.05, 0) is 42.5 Å². The number of rotatable bonds is 3. The Bertz CT molecular complexity index is 1470. The van der Waals surface area contributed by atoms with Gasteiger partial charge in [0.25, 0.3) is 10.0 Å². The van der Waals surface area contributed by atoms with Crippen LogP contribution in [0.4, 0.5) is 13.2 Å². The first-order valence-electron chi connectivity index (χ1n) is 8.47. The number of fused-ring (bicyclic) bond motifs is 1. The third-order valence-electron chi connectivity index (χ3n) is 4.52. The van der Waals surface area contributed by atoms with E-state index in [1.807, 2.05) is 6.07 Å². The fraction of sp³-hybridized carbons (Fsp3) is 0. The van der Waals surface area contributed by atoms with Crippen molar-refractivity contribution < 1.29 is 26.7 Å². The molecule has 150 valence electrons. The van der Waals surface area contributed by atoms with Crippen molar-refractivity contribution in [3.8, 4) is 23.1 Å². The van der Waals surface area contributed by atoms with Crippen LogP contribution >= 0.6 is 0 Å². The number of phenolic OH excluding ortho intramolecular Hbond substituents is 1. The van der Waals surface area contributed by atoms with Gasteiger partial charge in [-0.15, -0.1) is 0 Å². The zero-order chi connectivity index (χ0) is 21.6. The van der Waals surface area contributed by atoms with E-state index in [0.29, 0.717) is 17.5 Å². The normalized spacial score (nSPS) is 11.5. The average Bonchev–Trinajstić information content (AvgIpc) is 3.10. The standard InChI is InChI=1S/C21H11F3N2O3S/c22-15-3-1-2-13(7-15)19-8-14-6-12(11-25)4-5-18(14)26(19)30(28,29)20-10-16(23)9-17(24)21(20)27/h1-10,27H. The molecule has 0 atom stereocenters. The molecule has 1 heterocycles. The van der Waals surface area contributed by atoms with Crippen LogP contribution in [0.15, 0.2) is 65.6 Å². The summed E-state index contributed by atoms with van der Waals surface area (Å²) in [6.45, 7) is 0. The van der Waals surface area contributed by atoms with Crippen molar-refractivity contribution in [3.63, 3.8) is 0 Å². The molecule has 0 aliphatic heterocycles. The van der Waals surface area contributed by atoms with Crippen LogP contribution in [0.2, 0.25) is 0 Å². The van der Waals surface area contributed by atoms with E-state index in [2.05, 4.69) is 0 Å². The molecule has 9 heteroatoms. The smallest absolute Gasteiger partial charge is 0.272 e. The lowest BCUT2D eigenvalue weighted by molar-refractivity contribution is 0.411. The van der Waals surface area contributed by atoms with Crippen LogP contribution in [-0.4, -0.2) is 17.5 Å². The molecule has 0 saturated heterocycles. The maximum absolute atomic E-state index is 13.9. The second kappa shape index (κ2) is 6.93. The highest BCUT2D eigenvalue weighted by Crippen LogP contribution is 2.36. The first-order chi connectivity index (χ1) is 14.2. The van der Waals surface area contributed by atoms with Crippen molar-refractivity contribution in [1.29, 1.82) is 5.26 Å². The van der Waals surface area contributed by atoms with Crippen LogP contribution in [0.3, 0.4) is 0 Å². The number of benzene rings is 3. The second-order valence-corrected chi connectivity index (χ2v) is 8.18. The Morgan fingerprint density at radius 3 is 2.40 bits per heavy atom. The topological polar surface area (TPSA) is 83.1 Å². The van der Waals surface area contributed by atoms with Crippen molar-refractivity contribution >= 4 is 20.9 Å². The van der Waals surface area contributed by atoms with Gasteiger partial charge in [-0.3, -0.25) is 0 Å². The SMILES string of the molecule is N#Cc1ccc2c(c1)cc(-c1cccc(F)c1)n2S(=O)(=O)c1cc(F)cc(F)c1O. The van der Waals surface area contributed by atoms with Crippen LogP contribution in [-0.2, 0) is 10.0 Å². The number of aromatic nitrogens is 1. The molecule has 3 aromatic carbocycles. The summed E-state index contributed by atoms with van der Waals surface area (Å²) in [5, 5.41) is 19.4. The van der Waals surface area contributed by atoms with E-state index in [4.69, 9.17) is 5.26 Å². The number of nitriles is 1. The van der Waals surface area contributed by atoms with Gasteiger partial charge in [-0.2, -0.15) is 5.26 Å². The van der Waals surface area contributed by atoms with Crippen LogP contribution in [0.25, 0.3) is 22.2 Å². The molecule has 0 spiro atoms. The van der Waals surface area contributed by atoms with Crippen molar-refractivity contribution in [2.24, 2.45) is 0 Å². The largest absolute Gasteiger partial charge is 0.504 e. The Balaban J connectivity index is 2.12. The summed E-state index contributed by atoms with van der Waals surface area (Å²) in [5.74, 6) is -4.50. The van der Waals surface area contributed by atoms with E-state index < -0.39 is 38.1 Å². The van der Waals surface area contributed by atoms with Gasteiger partial charge in [0.1, 0.15) is 16.5 Å². The van der Waals surface area contributed by atoms with E-state index in [-0.39, 0.29) is 22.3 Å². The van der Waals surface area contributed by atoms with Gasteiger partial charge in [-0.1, -0.05) is 12.1 Å². The van der Waals surface area contributed by atoms with Gasteiger partial charge in [0.05, 0.1) is 22.8 Å². The predicted octanol–water partition coefficient (Wildman–Crippen LogP) is 4.54. The summed E-state index contributed by atoms with van der Waals surface area (Å²) in [5.41, 5.74) is 0.494. The van der Waals surface area contributed by atoms with Crippen LogP contribution in [0, 0.1) is 28.8 Å². The zero-order valence-electron chi connectivity index (χ0n) is 15.0. The minimum Gasteiger partial charge on any atom is -0.504 e. The molecule has 5 nitrogen and oxygen atoms in total.